The number of hydrogen-bond acceptors (Lipinski definition) is 3. The van der Waals surface area contributed by atoms with E-state index in [2.05, 4.69) is 6.58 Å². The molecule has 0 amide bonds. The number of esters is 1. The Balaban J connectivity index is 4.31. The van der Waals surface area contributed by atoms with Crippen LogP contribution >= 0.6 is 0 Å². The molecule has 0 saturated carbocycles. The van der Waals surface area contributed by atoms with Gasteiger partial charge >= 0.3 is 5.97 Å². The van der Waals surface area contributed by atoms with E-state index in [0.717, 1.165) is 0 Å². The zero-order valence-electron chi connectivity index (χ0n) is 10.2. The first-order valence-corrected chi connectivity index (χ1v) is 5.28. The zero-order chi connectivity index (χ0) is 11.9. The monoisotopic (exact) mass is 214 g/mol. The summed E-state index contributed by atoms with van der Waals surface area (Å²) in [6.07, 6.45) is 1.67. The van der Waals surface area contributed by atoms with Crippen LogP contribution in [0.5, 0.6) is 0 Å². The summed E-state index contributed by atoms with van der Waals surface area (Å²) in [5.74, 6) is -0.411. The lowest BCUT2D eigenvalue weighted by atomic mass is 9.81. The first kappa shape index (κ1) is 14.2. The molecule has 0 fully saturated rings. The number of carbonyl (C=O) groups is 1. The van der Waals surface area contributed by atoms with E-state index >= 15 is 0 Å². The van der Waals surface area contributed by atoms with Crippen molar-refractivity contribution in [1.29, 1.82) is 0 Å². The van der Waals surface area contributed by atoms with Crippen LogP contribution in [-0.4, -0.2) is 25.8 Å². The van der Waals surface area contributed by atoms with Gasteiger partial charge in [-0.1, -0.05) is 26.8 Å². The number of rotatable bonds is 6. The molecule has 0 aromatic carbocycles. The Morgan fingerprint density at radius 1 is 1.47 bits per heavy atom. The second-order valence-corrected chi connectivity index (χ2v) is 4.50. The maximum Gasteiger partial charge on any atom is 0.311 e. The Hall–Kier alpha value is -0.830. The van der Waals surface area contributed by atoms with Crippen molar-refractivity contribution in [3.8, 4) is 0 Å². The summed E-state index contributed by atoms with van der Waals surface area (Å²) in [5, 5.41) is 0. The third-order valence-corrected chi connectivity index (χ3v) is 2.14. The fourth-order valence-electron chi connectivity index (χ4n) is 1.18. The van der Waals surface area contributed by atoms with Crippen molar-refractivity contribution in [1.82, 2.24) is 0 Å². The van der Waals surface area contributed by atoms with Gasteiger partial charge in [0.05, 0.1) is 25.7 Å². The third kappa shape index (κ3) is 5.57. The molecule has 0 aromatic heterocycles. The number of ether oxygens (including phenoxy) is 2. The summed E-state index contributed by atoms with van der Waals surface area (Å²) < 4.78 is 10.3. The quantitative estimate of drug-likeness (QED) is 0.387. The lowest BCUT2D eigenvalue weighted by molar-refractivity contribution is -0.154. The smallest absolute Gasteiger partial charge is 0.311 e. The number of carbonyl (C=O) groups excluding carboxylic acids is 1. The lowest BCUT2D eigenvalue weighted by Gasteiger charge is -2.28. The molecular formula is C12H22O3. The third-order valence-electron chi connectivity index (χ3n) is 2.14. The van der Waals surface area contributed by atoms with Gasteiger partial charge in [-0.2, -0.15) is 0 Å². The Bertz CT molecular complexity index is 203. The minimum Gasteiger partial charge on any atom is -0.466 e. The Kier molecular flexibility index (Phi) is 6.25. The van der Waals surface area contributed by atoms with Gasteiger partial charge in [-0.25, -0.2) is 0 Å². The predicted molar refractivity (Wildman–Crippen MR) is 60.6 cm³/mol. The molecule has 0 rings (SSSR count). The van der Waals surface area contributed by atoms with Crippen molar-refractivity contribution >= 4 is 5.97 Å². The van der Waals surface area contributed by atoms with Gasteiger partial charge in [0.25, 0.3) is 0 Å². The van der Waals surface area contributed by atoms with Crippen molar-refractivity contribution in [2.45, 2.75) is 27.7 Å². The van der Waals surface area contributed by atoms with Crippen LogP contribution in [0.1, 0.15) is 27.7 Å². The molecule has 0 N–H and O–H groups in total. The van der Waals surface area contributed by atoms with Crippen molar-refractivity contribution in [2.24, 2.45) is 11.3 Å². The van der Waals surface area contributed by atoms with Crippen molar-refractivity contribution in [3.63, 3.8) is 0 Å². The van der Waals surface area contributed by atoms with Gasteiger partial charge in [0.1, 0.15) is 0 Å². The van der Waals surface area contributed by atoms with Gasteiger partial charge < -0.3 is 9.47 Å². The lowest BCUT2D eigenvalue weighted by Crippen LogP contribution is -2.34. The van der Waals surface area contributed by atoms with E-state index in [-0.39, 0.29) is 17.3 Å². The standard InChI is InChI=1S/C12H22O3/c1-6-8-14-9-10(12(3,4)5)11(13)15-7-2/h6,10H,1,7-9H2,2-5H3. The predicted octanol–water partition coefficient (Wildman–Crippen LogP) is 2.41. The molecule has 0 radical (unpaired) electrons. The molecule has 3 heteroatoms. The molecule has 0 heterocycles. The maximum absolute atomic E-state index is 11.7. The molecule has 15 heavy (non-hydrogen) atoms. The zero-order valence-corrected chi connectivity index (χ0v) is 10.2. The largest absolute Gasteiger partial charge is 0.466 e. The van der Waals surface area contributed by atoms with Gasteiger partial charge in [-0.15, -0.1) is 6.58 Å². The van der Waals surface area contributed by atoms with Crippen LogP contribution < -0.4 is 0 Å². The van der Waals surface area contributed by atoms with Crippen LogP contribution in [-0.2, 0) is 14.3 Å². The fourth-order valence-corrected chi connectivity index (χ4v) is 1.18. The summed E-state index contributed by atoms with van der Waals surface area (Å²) in [7, 11) is 0. The summed E-state index contributed by atoms with van der Waals surface area (Å²) in [6, 6.07) is 0. The molecular weight excluding hydrogens is 192 g/mol. The normalized spacial score (nSPS) is 13.3. The molecule has 1 unspecified atom stereocenters. The summed E-state index contributed by atoms with van der Waals surface area (Å²) in [4.78, 5) is 11.7. The van der Waals surface area contributed by atoms with Crippen LogP contribution in [0.2, 0.25) is 0 Å². The van der Waals surface area contributed by atoms with Gasteiger partial charge in [0.2, 0.25) is 0 Å². The van der Waals surface area contributed by atoms with Crippen LogP contribution in [0.15, 0.2) is 12.7 Å². The highest BCUT2D eigenvalue weighted by Crippen LogP contribution is 2.27. The Morgan fingerprint density at radius 3 is 2.47 bits per heavy atom. The molecule has 1 atom stereocenters. The van der Waals surface area contributed by atoms with E-state index in [1.54, 1.807) is 6.08 Å². The highest BCUT2D eigenvalue weighted by molar-refractivity contribution is 5.73. The van der Waals surface area contributed by atoms with Crippen molar-refractivity contribution in [2.75, 3.05) is 19.8 Å². The van der Waals surface area contributed by atoms with Crippen LogP contribution in [0.3, 0.4) is 0 Å². The summed E-state index contributed by atoms with van der Waals surface area (Å²) in [6.45, 7) is 12.6. The van der Waals surface area contributed by atoms with E-state index < -0.39 is 0 Å². The van der Waals surface area contributed by atoms with Crippen molar-refractivity contribution < 1.29 is 14.3 Å². The molecule has 0 aliphatic heterocycles. The average molecular weight is 214 g/mol. The van der Waals surface area contributed by atoms with Gasteiger partial charge in [-0.3, -0.25) is 4.79 Å². The van der Waals surface area contributed by atoms with E-state index in [1.165, 1.54) is 0 Å². The molecule has 0 bridgehead atoms. The van der Waals surface area contributed by atoms with Gasteiger partial charge in [0.15, 0.2) is 0 Å². The van der Waals surface area contributed by atoms with E-state index in [4.69, 9.17) is 9.47 Å². The highest BCUT2D eigenvalue weighted by Gasteiger charge is 2.32. The minimum absolute atomic E-state index is 0.145. The molecule has 0 saturated heterocycles. The molecule has 0 spiro atoms. The van der Waals surface area contributed by atoms with Crippen molar-refractivity contribution in [3.05, 3.63) is 12.7 Å². The molecule has 0 aliphatic carbocycles. The van der Waals surface area contributed by atoms with E-state index in [1.807, 2.05) is 27.7 Å². The number of hydrogen-bond donors (Lipinski definition) is 0. The minimum atomic E-state index is -0.225. The molecule has 88 valence electrons. The highest BCUT2D eigenvalue weighted by atomic mass is 16.5. The maximum atomic E-state index is 11.7. The summed E-state index contributed by atoms with van der Waals surface area (Å²) >= 11 is 0. The molecule has 3 nitrogen and oxygen atoms in total. The van der Waals surface area contributed by atoms with Crippen LogP contribution in [0.25, 0.3) is 0 Å². The average Bonchev–Trinajstić information content (AvgIpc) is 2.10. The van der Waals surface area contributed by atoms with E-state index in [9.17, 15) is 4.79 Å². The van der Waals surface area contributed by atoms with Gasteiger partial charge in [-0.05, 0) is 12.3 Å². The molecule has 0 aliphatic rings. The topological polar surface area (TPSA) is 35.5 Å². The van der Waals surface area contributed by atoms with E-state index in [0.29, 0.717) is 19.8 Å². The SMILES string of the molecule is C=CCOCC(C(=O)OCC)C(C)(C)C. The molecule has 0 aromatic rings. The first-order valence-electron chi connectivity index (χ1n) is 5.28. The fraction of sp³-hybridized carbons (Fsp3) is 0.750. The Labute approximate surface area is 92.5 Å². The van der Waals surface area contributed by atoms with Crippen LogP contribution in [0, 0.1) is 11.3 Å². The van der Waals surface area contributed by atoms with Gasteiger partial charge in [0, 0.05) is 0 Å². The second-order valence-electron chi connectivity index (χ2n) is 4.50. The summed E-state index contributed by atoms with van der Waals surface area (Å²) in [5.41, 5.74) is -0.145. The van der Waals surface area contributed by atoms with Crippen LogP contribution in [0.4, 0.5) is 0 Å². The second kappa shape index (κ2) is 6.62. The first-order chi connectivity index (χ1) is 6.93. The Morgan fingerprint density at radius 2 is 2.07 bits per heavy atom.